The average molecular weight is 363 g/mol. The Labute approximate surface area is 154 Å². The smallest absolute Gasteiger partial charge is 0.335 e. The molecule has 1 aromatic heterocycles. The first-order chi connectivity index (χ1) is 13.1. The quantitative estimate of drug-likeness (QED) is 0.735. The maximum absolute atomic E-state index is 13.1. The van der Waals surface area contributed by atoms with Crippen LogP contribution in [0.25, 0.3) is 11.4 Å². The van der Waals surface area contributed by atoms with E-state index < -0.39 is 5.97 Å². The van der Waals surface area contributed by atoms with Crippen molar-refractivity contribution in [3.63, 3.8) is 0 Å². The van der Waals surface area contributed by atoms with Gasteiger partial charge in [-0.25, -0.2) is 4.79 Å². The molecule has 1 atom stereocenters. The van der Waals surface area contributed by atoms with E-state index in [0.717, 1.165) is 12.0 Å². The molecule has 1 aliphatic rings. The molecule has 27 heavy (non-hydrogen) atoms. The molecule has 2 aromatic carbocycles. The van der Waals surface area contributed by atoms with Gasteiger partial charge in [0.15, 0.2) is 0 Å². The van der Waals surface area contributed by atoms with E-state index in [-0.39, 0.29) is 11.8 Å². The standard InChI is InChI=1S/C19H17N5O3/c25-18(15-7-3-2-6-14(15)17-20-22-23-21-17)24-10-9-12(11-24)13-5-1-4-8-16(13)19(26)27/h1-8,12H,9-11H2,(H,26,27)(H,20,21,22,23)/t12-/m1/s1. The summed E-state index contributed by atoms with van der Waals surface area (Å²) in [5, 5.41) is 23.3. The van der Waals surface area contributed by atoms with Gasteiger partial charge in [-0.1, -0.05) is 36.4 Å². The van der Waals surface area contributed by atoms with Gasteiger partial charge in [-0.15, -0.1) is 10.2 Å². The molecule has 0 unspecified atom stereocenters. The summed E-state index contributed by atoms with van der Waals surface area (Å²) in [6, 6.07) is 14.1. The Bertz CT molecular complexity index is 987. The first kappa shape index (κ1) is 16.9. The zero-order valence-corrected chi connectivity index (χ0v) is 14.4. The number of aromatic carboxylic acids is 1. The van der Waals surface area contributed by atoms with Crippen molar-refractivity contribution < 1.29 is 14.7 Å². The number of rotatable bonds is 4. The van der Waals surface area contributed by atoms with Gasteiger partial charge in [0.2, 0.25) is 5.82 Å². The number of carboxylic acid groups (broad SMARTS) is 1. The molecule has 1 saturated heterocycles. The lowest BCUT2D eigenvalue weighted by Crippen LogP contribution is -2.29. The van der Waals surface area contributed by atoms with Crippen LogP contribution >= 0.6 is 0 Å². The predicted molar refractivity (Wildman–Crippen MR) is 96.3 cm³/mol. The molecule has 0 spiro atoms. The summed E-state index contributed by atoms with van der Waals surface area (Å²) in [6.07, 6.45) is 0.723. The fraction of sp³-hybridized carbons (Fsp3) is 0.211. The minimum Gasteiger partial charge on any atom is -0.478 e. The van der Waals surface area contributed by atoms with Crippen molar-refractivity contribution in [1.29, 1.82) is 0 Å². The number of H-pyrrole nitrogens is 1. The van der Waals surface area contributed by atoms with Crippen LogP contribution in [0.4, 0.5) is 0 Å². The number of carboxylic acids is 1. The molecule has 2 N–H and O–H groups in total. The fourth-order valence-corrected chi connectivity index (χ4v) is 3.56. The Morgan fingerprint density at radius 2 is 1.81 bits per heavy atom. The van der Waals surface area contributed by atoms with Gasteiger partial charge >= 0.3 is 5.97 Å². The van der Waals surface area contributed by atoms with Gasteiger partial charge in [-0.05, 0) is 29.3 Å². The van der Waals surface area contributed by atoms with Gasteiger partial charge in [-0.3, -0.25) is 4.79 Å². The number of hydrogen-bond acceptors (Lipinski definition) is 5. The van der Waals surface area contributed by atoms with Crippen LogP contribution in [0, 0.1) is 0 Å². The molecule has 136 valence electrons. The highest BCUT2D eigenvalue weighted by atomic mass is 16.4. The second kappa shape index (κ2) is 6.99. The van der Waals surface area contributed by atoms with Gasteiger partial charge in [0.25, 0.3) is 5.91 Å². The molecule has 0 saturated carbocycles. The number of nitrogens with one attached hydrogen (secondary N) is 1. The van der Waals surface area contributed by atoms with E-state index in [1.165, 1.54) is 0 Å². The third-order valence-corrected chi connectivity index (χ3v) is 4.85. The van der Waals surface area contributed by atoms with Crippen LogP contribution in [0.15, 0.2) is 48.5 Å². The average Bonchev–Trinajstić information content (AvgIpc) is 3.39. The monoisotopic (exact) mass is 363 g/mol. The third-order valence-electron chi connectivity index (χ3n) is 4.85. The number of carbonyl (C=O) groups is 2. The van der Waals surface area contributed by atoms with Crippen LogP contribution in [0.3, 0.4) is 0 Å². The van der Waals surface area contributed by atoms with Crippen LogP contribution in [0.1, 0.15) is 38.6 Å². The number of nitrogens with zero attached hydrogens (tertiary/aromatic N) is 4. The molecule has 3 aromatic rings. The maximum Gasteiger partial charge on any atom is 0.335 e. The first-order valence-corrected chi connectivity index (χ1v) is 8.59. The lowest BCUT2D eigenvalue weighted by Gasteiger charge is -2.18. The molecule has 1 amide bonds. The van der Waals surface area contributed by atoms with Gasteiger partial charge in [-0.2, -0.15) is 5.21 Å². The summed E-state index contributed by atoms with van der Waals surface area (Å²) < 4.78 is 0. The maximum atomic E-state index is 13.1. The Balaban J connectivity index is 1.59. The highest BCUT2D eigenvalue weighted by Crippen LogP contribution is 2.31. The lowest BCUT2D eigenvalue weighted by molar-refractivity contribution is 0.0695. The zero-order chi connectivity index (χ0) is 18.8. The fourth-order valence-electron chi connectivity index (χ4n) is 3.56. The van der Waals surface area contributed by atoms with E-state index in [2.05, 4.69) is 20.6 Å². The molecule has 8 heteroatoms. The second-order valence-electron chi connectivity index (χ2n) is 6.41. The number of hydrogen-bond donors (Lipinski definition) is 2. The topological polar surface area (TPSA) is 112 Å². The summed E-state index contributed by atoms with van der Waals surface area (Å²) in [7, 11) is 0. The highest BCUT2D eigenvalue weighted by molar-refractivity contribution is 6.00. The van der Waals surface area contributed by atoms with Gasteiger partial charge in [0.05, 0.1) is 11.1 Å². The van der Waals surface area contributed by atoms with Crippen molar-refractivity contribution >= 4 is 11.9 Å². The van der Waals surface area contributed by atoms with E-state index in [9.17, 15) is 14.7 Å². The van der Waals surface area contributed by atoms with E-state index in [4.69, 9.17) is 0 Å². The van der Waals surface area contributed by atoms with Gasteiger partial charge in [0.1, 0.15) is 0 Å². The number of carbonyl (C=O) groups excluding carboxylic acids is 1. The summed E-state index contributed by atoms with van der Waals surface area (Å²) >= 11 is 0. The number of likely N-dealkylation sites (tertiary alicyclic amines) is 1. The third kappa shape index (κ3) is 3.17. The summed E-state index contributed by atoms with van der Waals surface area (Å²) in [6.45, 7) is 1.04. The molecular formula is C19H17N5O3. The summed E-state index contributed by atoms with van der Waals surface area (Å²) in [5.41, 5.74) is 2.19. The van der Waals surface area contributed by atoms with E-state index in [1.807, 2.05) is 18.2 Å². The van der Waals surface area contributed by atoms with E-state index >= 15 is 0 Å². The van der Waals surface area contributed by atoms with Crippen LogP contribution in [0.2, 0.25) is 0 Å². The Hall–Kier alpha value is -3.55. The van der Waals surface area contributed by atoms with Crippen LogP contribution < -0.4 is 0 Å². The number of amides is 1. The van der Waals surface area contributed by atoms with E-state index in [0.29, 0.717) is 35.6 Å². The minimum absolute atomic E-state index is 0.00131. The van der Waals surface area contributed by atoms with Gasteiger partial charge < -0.3 is 10.0 Å². The molecule has 0 aliphatic carbocycles. The van der Waals surface area contributed by atoms with Crippen molar-refractivity contribution in [3.05, 3.63) is 65.2 Å². The molecule has 8 nitrogen and oxygen atoms in total. The largest absolute Gasteiger partial charge is 0.478 e. The minimum atomic E-state index is -0.946. The number of benzene rings is 2. The lowest BCUT2D eigenvalue weighted by atomic mass is 9.93. The molecule has 0 radical (unpaired) electrons. The Morgan fingerprint density at radius 3 is 2.56 bits per heavy atom. The second-order valence-corrected chi connectivity index (χ2v) is 6.41. The van der Waals surface area contributed by atoms with Crippen LogP contribution in [0.5, 0.6) is 0 Å². The number of aromatic nitrogens is 4. The van der Waals surface area contributed by atoms with E-state index in [1.54, 1.807) is 35.2 Å². The molecule has 1 aliphatic heterocycles. The number of tetrazole rings is 1. The van der Waals surface area contributed by atoms with Gasteiger partial charge in [0, 0.05) is 24.6 Å². The highest BCUT2D eigenvalue weighted by Gasteiger charge is 2.31. The number of aromatic amines is 1. The van der Waals surface area contributed by atoms with Crippen molar-refractivity contribution in [2.75, 3.05) is 13.1 Å². The molecule has 0 bridgehead atoms. The summed E-state index contributed by atoms with van der Waals surface area (Å²) in [5.74, 6) is -0.701. The SMILES string of the molecule is O=C(O)c1ccccc1[C@@H]1CCN(C(=O)c2ccccc2-c2nn[nH]n2)C1. The van der Waals surface area contributed by atoms with Crippen molar-refractivity contribution in [3.8, 4) is 11.4 Å². The molecular weight excluding hydrogens is 346 g/mol. The van der Waals surface area contributed by atoms with Crippen LogP contribution in [-0.2, 0) is 0 Å². The zero-order valence-electron chi connectivity index (χ0n) is 14.4. The van der Waals surface area contributed by atoms with Crippen molar-refractivity contribution in [1.82, 2.24) is 25.5 Å². The summed E-state index contributed by atoms with van der Waals surface area (Å²) in [4.78, 5) is 26.3. The van der Waals surface area contributed by atoms with Crippen molar-refractivity contribution in [2.45, 2.75) is 12.3 Å². The first-order valence-electron chi connectivity index (χ1n) is 8.59. The van der Waals surface area contributed by atoms with Crippen molar-refractivity contribution in [2.24, 2.45) is 0 Å². The predicted octanol–water partition coefficient (Wildman–Crippen LogP) is 2.19. The molecule has 2 heterocycles. The normalized spacial score (nSPS) is 16.4. The molecule has 4 rings (SSSR count). The van der Waals surface area contributed by atoms with Crippen LogP contribution in [-0.4, -0.2) is 55.6 Å². The Kier molecular flexibility index (Phi) is 4.37. The Morgan fingerprint density at radius 1 is 1.07 bits per heavy atom. The molecule has 1 fully saturated rings.